The zero-order valence-corrected chi connectivity index (χ0v) is 20.3. The molecule has 0 fully saturated rings. The Balaban J connectivity index is 2.96. The van der Waals surface area contributed by atoms with Gasteiger partial charge in [-0.05, 0) is 34.5 Å². The summed E-state index contributed by atoms with van der Waals surface area (Å²) in [5.74, 6) is -1.06. The van der Waals surface area contributed by atoms with E-state index in [9.17, 15) is 14.4 Å². The average molecular weight is 539 g/mol. The molecule has 1 rings (SSSR count). The first-order valence-electron chi connectivity index (χ1n) is 8.56. The third-order valence-electron chi connectivity index (χ3n) is 3.68. The third-order valence-corrected chi connectivity index (χ3v) is 5.25. The fourth-order valence-electron chi connectivity index (χ4n) is 2.00. The Labute approximate surface area is 185 Å². The first-order valence-corrected chi connectivity index (χ1v) is 10.3. The van der Waals surface area contributed by atoms with Crippen LogP contribution in [-0.2, 0) is 23.8 Å². The van der Waals surface area contributed by atoms with E-state index >= 15 is 0 Å². The number of esters is 1. The first-order chi connectivity index (χ1) is 13.4. The zero-order valence-electron chi connectivity index (χ0n) is 17.1. The highest BCUT2D eigenvalue weighted by molar-refractivity contribution is 9.11. The van der Waals surface area contributed by atoms with Gasteiger partial charge >= 0.3 is 5.97 Å². The summed E-state index contributed by atoms with van der Waals surface area (Å²) in [4.78, 5) is 42.2. The number of aromatic nitrogens is 2. The van der Waals surface area contributed by atoms with Gasteiger partial charge in [-0.2, -0.15) is 0 Å². The largest absolute Gasteiger partial charge is 0.460 e. The van der Waals surface area contributed by atoms with Crippen LogP contribution in [0.4, 0.5) is 5.95 Å². The second kappa shape index (κ2) is 11.0. The molecule has 0 saturated carbocycles. The molecule has 1 atom stereocenters. The SMILES string of the molecule is COC(OC)/C(C)=C/COC(=O)C(Br)c1nc(NC(=O)C(C)(C)C)[nH]c(=O)c1Br. The number of amides is 1. The van der Waals surface area contributed by atoms with E-state index in [-0.39, 0.29) is 28.6 Å². The zero-order chi connectivity index (χ0) is 22.4. The summed E-state index contributed by atoms with van der Waals surface area (Å²) in [7, 11) is 3.00. The van der Waals surface area contributed by atoms with Crippen LogP contribution in [0.2, 0.25) is 0 Å². The number of carbonyl (C=O) groups excluding carboxylic acids is 2. The molecule has 11 heteroatoms. The molecule has 9 nitrogen and oxygen atoms in total. The monoisotopic (exact) mass is 537 g/mol. The summed E-state index contributed by atoms with van der Waals surface area (Å²) in [6.07, 6.45) is 1.11. The number of alkyl halides is 1. The quantitative estimate of drug-likeness (QED) is 0.226. The molecule has 29 heavy (non-hydrogen) atoms. The van der Waals surface area contributed by atoms with Crippen molar-refractivity contribution >= 4 is 49.7 Å². The summed E-state index contributed by atoms with van der Waals surface area (Å²) in [5.41, 5.74) is -0.424. The lowest BCUT2D eigenvalue weighted by Gasteiger charge is -2.18. The molecule has 0 bridgehead atoms. The van der Waals surface area contributed by atoms with Crippen LogP contribution in [0.25, 0.3) is 0 Å². The minimum absolute atomic E-state index is 0.0234. The Bertz CT molecular complexity index is 828. The van der Waals surface area contributed by atoms with Crippen LogP contribution in [0.5, 0.6) is 0 Å². The molecule has 0 aliphatic rings. The molecule has 1 unspecified atom stereocenters. The van der Waals surface area contributed by atoms with Gasteiger partial charge in [0.1, 0.15) is 11.1 Å². The lowest BCUT2D eigenvalue weighted by Crippen LogP contribution is -2.30. The van der Waals surface area contributed by atoms with Crippen LogP contribution >= 0.6 is 31.9 Å². The van der Waals surface area contributed by atoms with Crippen molar-refractivity contribution in [2.75, 3.05) is 26.1 Å². The van der Waals surface area contributed by atoms with Gasteiger partial charge < -0.3 is 14.2 Å². The summed E-state index contributed by atoms with van der Waals surface area (Å²) in [6.45, 7) is 6.91. The molecular weight excluding hydrogens is 514 g/mol. The molecule has 0 saturated heterocycles. The number of nitrogens with one attached hydrogen (secondary N) is 2. The van der Waals surface area contributed by atoms with Crippen molar-refractivity contribution in [3.63, 3.8) is 0 Å². The highest BCUT2D eigenvalue weighted by atomic mass is 79.9. The highest BCUT2D eigenvalue weighted by Crippen LogP contribution is 2.28. The Morgan fingerprint density at radius 2 is 1.86 bits per heavy atom. The summed E-state index contributed by atoms with van der Waals surface area (Å²) in [6, 6.07) is 0. The number of H-pyrrole nitrogens is 1. The van der Waals surface area contributed by atoms with Gasteiger partial charge in [0, 0.05) is 19.6 Å². The van der Waals surface area contributed by atoms with Crippen LogP contribution in [0.1, 0.15) is 38.2 Å². The van der Waals surface area contributed by atoms with Crippen molar-refractivity contribution in [2.24, 2.45) is 5.41 Å². The number of aromatic amines is 1. The minimum atomic E-state index is -1.03. The number of hydrogen-bond acceptors (Lipinski definition) is 7. The second-order valence-electron chi connectivity index (χ2n) is 7.06. The van der Waals surface area contributed by atoms with Crippen LogP contribution < -0.4 is 10.9 Å². The smallest absolute Gasteiger partial charge is 0.326 e. The number of hydrogen-bond donors (Lipinski definition) is 2. The number of halogens is 2. The van der Waals surface area contributed by atoms with Gasteiger partial charge in [-0.3, -0.25) is 24.7 Å². The normalized spacial score (nSPS) is 13.3. The Kier molecular flexibility index (Phi) is 9.66. The molecule has 1 amide bonds. The van der Waals surface area contributed by atoms with E-state index in [0.29, 0.717) is 0 Å². The standard InChI is InChI=1S/C18H25Br2N3O6/c1-9(15(27-5)28-6)7-8-29-14(25)11(20)12-10(19)13(24)22-17(21-12)23-16(26)18(2,3)4/h7,11,15H,8H2,1-6H3,(H2,21,22,23,24,26)/b9-7+. The topological polar surface area (TPSA) is 120 Å². The summed E-state index contributed by atoms with van der Waals surface area (Å²) >= 11 is 6.31. The fourth-order valence-corrected chi connectivity index (χ4v) is 3.19. The average Bonchev–Trinajstić information content (AvgIpc) is 2.64. The van der Waals surface area contributed by atoms with E-state index in [1.54, 1.807) is 33.8 Å². The van der Waals surface area contributed by atoms with E-state index in [1.165, 1.54) is 14.2 Å². The lowest BCUT2D eigenvalue weighted by molar-refractivity contribution is -0.141. The van der Waals surface area contributed by atoms with Gasteiger partial charge in [-0.1, -0.05) is 36.7 Å². The predicted octanol–water partition coefficient (Wildman–Crippen LogP) is 3.06. The second-order valence-corrected chi connectivity index (χ2v) is 8.77. The number of anilines is 1. The molecule has 0 aliphatic carbocycles. The first kappa shape index (κ1) is 25.5. The van der Waals surface area contributed by atoms with Crippen LogP contribution in [0, 0.1) is 5.41 Å². The van der Waals surface area contributed by atoms with Crippen molar-refractivity contribution in [3.8, 4) is 0 Å². The van der Waals surface area contributed by atoms with Gasteiger partial charge in [-0.15, -0.1) is 0 Å². The molecule has 0 spiro atoms. The van der Waals surface area contributed by atoms with E-state index in [4.69, 9.17) is 14.2 Å². The molecule has 1 heterocycles. The van der Waals surface area contributed by atoms with E-state index < -0.39 is 28.1 Å². The van der Waals surface area contributed by atoms with E-state index in [0.717, 1.165) is 5.57 Å². The number of ether oxygens (including phenoxy) is 3. The maximum atomic E-state index is 12.4. The maximum absolute atomic E-state index is 12.4. The predicted molar refractivity (Wildman–Crippen MR) is 115 cm³/mol. The van der Waals surface area contributed by atoms with Crippen LogP contribution in [-0.4, -0.2) is 49.0 Å². The highest BCUT2D eigenvalue weighted by Gasteiger charge is 2.27. The van der Waals surface area contributed by atoms with Gasteiger partial charge in [0.25, 0.3) is 5.56 Å². The van der Waals surface area contributed by atoms with Gasteiger partial charge in [-0.25, -0.2) is 4.98 Å². The van der Waals surface area contributed by atoms with Gasteiger partial charge in [0.15, 0.2) is 11.1 Å². The molecule has 1 aromatic heterocycles. The van der Waals surface area contributed by atoms with Crippen molar-refractivity contribution in [1.82, 2.24) is 9.97 Å². The molecule has 0 aromatic carbocycles. The summed E-state index contributed by atoms with van der Waals surface area (Å²) in [5, 5.41) is 2.53. The Hall–Kier alpha value is -1.56. The minimum Gasteiger partial charge on any atom is -0.460 e. The number of nitrogens with zero attached hydrogens (tertiary/aromatic N) is 1. The Morgan fingerprint density at radius 3 is 2.38 bits per heavy atom. The van der Waals surface area contributed by atoms with Crippen molar-refractivity contribution in [1.29, 1.82) is 0 Å². The van der Waals surface area contributed by atoms with Crippen LogP contribution in [0.3, 0.4) is 0 Å². The number of carbonyl (C=O) groups is 2. The van der Waals surface area contributed by atoms with Crippen LogP contribution in [0.15, 0.2) is 20.9 Å². The van der Waals surface area contributed by atoms with E-state index in [1.807, 2.05) is 0 Å². The third kappa shape index (κ3) is 7.32. The summed E-state index contributed by atoms with van der Waals surface area (Å²) < 4.78 is 15.5. The molecule has 2 N–H and O–H groups in total. The fraction of sp³-hybridized carbons (Fsp3) is 0.556. The Morgan fingerprint density at radius 1 is 1.28 bits per heavy atom. The number of rotatable bonds is 8. The van der Waals surface area contributed by atoms with Gasteiger partial charge in [0.2, 0.25) is 11.9 Å². The van der Waals surface area contributed by atoms with E-state index in [2.05, 4.69) is 47.1 Å². The molecular formula is C18H25Br2N3O6. The van der Waals surface area contributed by atoms with Crippen molar-refractivity contribution in [2.45, 2.75) is 38.8 Å². The molecule has 1 aromatic rings. The molecule has 0 radical (unpaired) electrons. The number of methoxy groups -OCH3 is 2. The molecule has 162 valence electrons. The van der Waals surface area contributed by atoms with Gasteiger partial charge in [0.05, 0.1) is 5.69 Å². The lowest BCUT2D eigenvalue weighted by atomic mass is 9.96. The van der Waals surface area contributed by atoms with Crippen molar-refractivity contribution in [3.05, 3.63) is 32.2 Å². The van der Waals surface area contributed by atoms with Crippen molar-refractivity contribution < 1.29 is 23.8 Å². The maximum Gasteiger partial charge on any atom is 0.326 e. The molecule has 0 aliphatic heterocycles.